The maximum Gasteiger partial charge on any atom is 0.416 e. The Hall–Kier alpha value is -3.36. The first-order valence-electron chi connectivity index (χ1n) is 8.59. The van der Waals surface area contributed by atoms with Gasteiger partial charge in [-0.3, -0.25) is 14.0 Å². The quantitative estimate of drug-likeness (QED) is 0.718. The number of imidazole rings is 1. The van der Waals surface area contributed by atoms with Crippen LogP contribution in [0, 0.1) is 0 Å². The molecule has 1 fully saturated rings. The van der Waals surface area contributed by atoms with Gasteiger partial charge in [0.25, 0.3) is 11.8 Å². The Labute approximate surface area is 157 Å². The van der Waals surface area contributed by atoms with Crippen LogP contribution in [0.2, 0.25) is 0 Å². The van der Waals surface area contributed by atoms with Crippen molar-refractivity contribution in [1.29, 1.82) is 0 Å². The van der Waals surface area contributed by atoms with Gasteiger partial charge in [0.05, 0.1) is 11.1 Å². The number of fused-ring (bicyclic) bond motifs is 1. The van der Waals surface area contributed by atoms with E-state index in [1.165, 1.54) is 4.40 Å². The topological polar surface area (TPSA) is 75.5 Å². The second-order valence-corrected chi connectivity index (χ2v) is 6.52. The molecule has 144 valence electrons. The molecule has 2 amide bonds. The molecule has 2 N–H and O–H groups in total. The fourth-order valence-corrected chi connectivity index (χ4v) is 2.78. The van der Waals surface area contributed by atoms with Crippen LogP contribution < -0.4 is 10.6 Å². The number of hydrogen-bond donors (Lipinski definition) is 2. The van der Waals surface area contributed by atoms with Gasteiger partial charge in [-0.1, -0.05) is 6.07 Å². The highest BCUT2D eigenvalue weighted by Gasteiger charge is 2.30. The van der Waals surface area contributed by atoms with Gasteiger partial charge in [-0.25, -0.2) is 4.98 Å². The Balaban J connectivity index is 1.61. The first kappa shape index (κ1) is 18.0. The number of carbonyl (C=O) groups excluding carboxylic acids is 2. The van der Waals surface area contributed by atoms with E-state index in [0.29, 0.717) is 5.52 Å². The Bertz CT molecular complexity index is 1050. The van der Waals surface area contributed by atoms with Crippen LogP contribution in [0.1, 0.15) is 39.5 Å². The van der Waals surface area contributed by atoms with E-state index < -0.39 is 17.6 Å². The van der Waals surface area contributed by atoms with E-state index in [0.717, 1.165) is 37.1 Å². The molecule has 0 saturated heterocycles. The molecule has 4 rings (SSSR count). The largest absolute Gasteiger partial charge is 0.416 e. The van der Waals surface area contributed by atoms with Crippen LogP contribution >= 0.6 is 0 Å². The fraction of sp³-hybridized carbons (Fsp3) is 0.211. The van der Waals surface area contributed by atoms with Crippen LogP contribution in [0.25, 0.3) is 5.52 Å². The van der Waals surface area contributed by atoms with Gasteiger partial charge >= 0.3 is 6.18 Å². The molecule has 0 unspecified atom stereocenters. The van der Waals surface area contributed by atoms with Gasteiger partial charge in [-0.15, -0.1) is 0 Å². The van der Waals surface area contributed by atoms with E-state index in [1.54, 1.807) is 24.4 Å². The number of benzene rings is 1. The van der Waals surface area contributed by atoms with Crippen molar-refractivity contribution in [3.05, 3.63) is 65.7 Å². The van der Waals surface area contributed by atoms with E-state index in [1.807, 2.05) is 0 Å². The number of amides is 2. The Kier molecular flexibility index (Phi) is 4.29. The molecule has 3 aromatic rings. The average Bonchev–Trinajstić information content (AvgIpc) is 3.38. The third-order valence-corrected chi connectivity index (χ3v) is 4.35. The van der Waals surface area contributed by atoms with Crippen molar-refractivity contribution in [2.75, 3.05) is 5.32 Å². The summed E-state index contributed by atoms with van der Waals surface area (Å²) >= 11 is 0. The average molecular weight is 388 g/mol. The van der Waals surface area contributed by atoms with Crippen LogP contribution in [0.5, 0.6) is 0 Å². The number of rotatable bonds is 4. The van der Waals surface area contributed by atoms with Crippen molar-refractivity contribution in [3.63, 3.8) is 0 Å². The van der Waals surface area contributed by atoms with Gasteiger partial charge < -0.3 is 10.6 Å². The summed E-state index contributed by atoms with van der Waals surface area (Å²) in [4.78, 5) is 29.2. The molecular formula is C19H15F3N4O2. The summed E-state index contributed by atoms with van der Waals surface area (Å²) in [5, 5.41) is 5.34. The highest BCUT2D eigenvalue weighted by molar-refractivity contribution is 6.06. The molecule has 0 atom stereocenters. The standard InChI is InChI=1S/C19H15F3N4O2/c20-19(21,22)11-4-6-12(7-5-11)24-18(28)16-25-15(17(27)23-13-8-9-13)14-3-1-2-10-26(14)16/h1-7,10,13H,8-9H2,(H,23,27)(H,24,28). The lowest BCUT2D eigenvalue weighted by atomic mass is 10.2. The summed E-state index contributed by atoms with van der Waals surface area (Å²) in [5.41, 5.74) is -0.0197. The van der Waals surface area contributed by atoms with Crippen molar-refractivity contribution in [1.82, 2.24) is 14.7 Å². The summed E-state index contributed by atoms with van der Waals surface area (Å²) < 4.78 is 39.4. The lowest BCUT2D eigenvalue weighted by Gasteiger charge is -2.08. The van der Waals surface area contributed by atoms with Crippen molar-refractivity contribution < 1.29 is 22.8 Å². The number of carbonyl (C=O) groups is 2. The van der Waals surface area contributed by atoms with Gasteiger partial charge in [0.2, 0.25) is 5.82 Å². The van der Waals surface area contributed by atoms with Gasteiger partial charge in [-0.05, 0) is 49.2 Å². The predicted octanol–water partition coefficient (Wildman–Crippen LogP) is 3.50. The second kappa shape index (κ2) is 6.66. The molecule has 1 saturated carbocycles. The molecule has 1 aromatic carbocycles. The van der Waals surface area contributed by atoms with Crippen molar-refractivity contribution in [3.8, 4) is 0 Å². The molecule has 28 heavy (non-hydrogen) atoms. The maximum absolute atomic E-state index is 12.7. The van der Waals surface area contributed by atoms with Crippen molar-refractivity contribution in [2.24, 2.45) is 0 Å². The molecule has 2 heterocycles. The minimum atomic E-state index is -4.45. The van der Waals surface area contributed by atoms with Crippen LogP contribution in [-0.4, -0.2) is 27.2 Å². The minimum absolute atomic E-state index is 0.0311. The molecule has 0 bridgehead atoms. The number of halogens is 3. The van der Waals surface area contributed by atoms with E-state index in [9.17, 15) is 22.8 Å². The summed E-state index contributed by atoms with van der Waals surface area (Å²) in [6, 6.07) is 9.31. The Morgan fingerprint density at radius 1 is 1.04 bits per heavy atom. The number of nitrogens with zero attached hydrogens (tertiary/aromatic N) is 2. The summed E-state index contributed by atoms with van der Waals surface area (Å²) in [6.07, 6.45) is -1.03. The SMILES string of the molecule is O=C(NC1CC1)c1nc(C(=O)Nc2ccc(C(F)(F)F)cc2)n2ccccc12. The van der Waals surface area contributed by atoms with Crippen LogP contribution in [0.15, 0.2) is 48.7 Å². The van der Waals surface area contributed by atoms with Gasteiger partial charge in [0.1, 0.15) is 0 Å². The Morgan fingerprint density at radius 3 is 2.39 bits per heavy atom. The minimum Gasteiger partial charge on any atom is -0.348 e. The molecule has 0 aliphatic heterocycles. The second-order valence-electron chi connectivity index (χ2n) is 6.52. The summed E-state index contributed by atoms with van der Waals surface area (Å²) in [5.74, 6) is -1.03. The molecule has 1 aliphatic carbocycles. The first-order valence-corrected chi connectivity index (χ1v) is 8.59. The van der Waals surface area contributed by atoms with Gasteiger partial charge in [0.15, 0.2) is 5.69 Å². The molecule has 1 aliphatic rings. The predicted molar refractivity (Wildman–Crippen MR) is 95.1 cm³/mol. The van der Waals surface area contributed by atoms with Gasteiger partial charge in [-0.2, -0.15) is 13.2 Å². The molecule has 0 spiro atoms. The van der Waals surface area contributed by atoms with Crippen LogP contribution in [0.3, 0.4) is 0 Å². The monoisotopic (exact) mass is 388 g/mol. The maximum atomic E-state index is 12.7. The molecular weight excluding hydrogens is 373 g/mol. The smallest absolute Gasteiger partial charge is 0.348 e. The normalized spacial score (nSPS) is 14.1. The number of nitrogens with one attached hydrogen (secondary N) is 2. The van der Waals surface area contributed by atoms with E-state index in [-0.39, 0.29) is 29.2 Å². The number of aromatic nitrogens is 2. The molecule has 0 radical (unpaired) electrons. The number of alkyl halides is 3. The summed E-state index contributed by atoms with van der Waals surface area (Å²) in [6.45, 7) is 0. The Morgan fingerprint density at radius 2 is 1.75 bits per heavy atom. The molecule has 6 nitrogen and oxygen atoms in total. The highest BCUT2D eigenvalue weighted by Crippen LogP contribution is 2.30. The first-order chi connectivity index (χ1) is 13.3. The number of hydrogen-bond acceptors (Lipinski definition) is 3. The molecule has 2 aromatic heterocycles. The fourth-order valence-electron chi connectivity index (χ4n) is 2.78. The lowest BCUT2D eigenvalue weighted by molar-refractivity contribution is -0.137. The molecule has 9 heteroatoms. The van der Waals surface area contributed by atoms with Crippen molar-refractivity contribution in [2.45, 2.75) is 25.1 Å². The zero-order valence-corrected chi connectivity index (χ0v) is 14.5. The third kappa shape index (κ3) is 3.55. The van der Waals surface area contributed by atoms with Crippen LogP contribution in [0.4, 0.5) is 18.9 Å². The zero-order valence-electron chi connectivity index (χ0n) is 14.5. The third-order valence-electron chi connectivity index (χ3n) is 4.35. The van der Waals surface area contributed by atoms with Crippen LogP contribution in [-0.2, 0) is 6.18 Å². The number of anilines is 1. The summed E-state index contributed by atoms with van der Waals surface area (Å²) in [7, 11) is 0. The van der Waals surface area contributed by atoms with E-state index in [2.05, 4.69) is 15.6 Å². The zero-order chi connectivity index (χ0) is 19.9. The van der Waals surface area contributed by atoms with Crippen molar-refractivity contribution >= 4 is 23.0 Å². The van der Waals surface area contributed by atoms with E-state index >= 15 is 0 Å². The van der Waals surface area contributed by atoms with E-state index in [4.69, 9.17) is 0 Å². The lowest BCUT2D eigenvalue weighted by Crippen LogP contribution is -2.26. The number of pyridine rings is 1. The van der Waals surface area contributed by atoms with Gasteiger partial charge in [0, 0.05) is 17.9 Å². The highest BCUT2D eigenvalue weighted by atomic mass is 19.4.